The molecule has 0 saturated carbocycles. The summed E-state index contributed by atoms with van der Waals surface area (Å²) < 4.78 is 12.9. The fourth-order valence-corrected chi connectivity index (χ4v) is 2.30. The Morgan fingerprint density at radius 3 is 2.45 bits per heavy atom. The van der Waals surface area contributed by atoms with Crippen LogP contribution >= 0.6 is 0 Å². The standard InChI is InChI=1S/C17H14FNO/c1-17(20,16-9-8-15(18)11-19-16)14-7-6-12-4-2-3-5-13(12)10-14/h2-11,20H,1H3. The highest BCUT2D eigenvalue weighted by atomic mass is 19.1. The summed E-state index contributed by atoms with van der Waals surface area (Å²) in [5.41, 5.74) is -0.0953. The molecule has 0 saturated heterocycles. The number of hydrogen-bond donors (Lipinski definition) is 1. The summed E-state index contributed by atoms with van der Waals surface area (Å²) in [6.45, 7) is 1.66. The lowest BCUT2D eigenvalue weighted by molar-refractivity contribution is 0.0974. The molecular weight excluding hydrogens is 253 g/mol. The first-order valence-corrected chi connectivity index (χ1v) is 6.41. The Bertz CT molecular complexity index is 750. The van der Waals surface area contributed by atoms with E-state index in [1.807, 2.05) is 42.5 Å². The number of halogens is 1. The average Bonchev–Trinajstić information content (AvgIpc) is 2.47. The molecule has 0 fully saturated rings. The predicted octanol–water partition coefficient (Wildman–Crippen LogP) is 3.63. The van der Waals surface area contributed by atoms with Gasteiger partial charge in [0.1, 0.15) is 11.4 Å². The van der Waals surface area contributed by atoms with Crippen molar-refractivity contribution in [2.75, 3.05) is 0 Å². The molecular formula is C17H14FNO. The summed E-state index contributed by atoms with van der Waals surface area (Å²) in [6.07, 6.45) is 1.12. The Labute approximate surface area is 116 Å². The molecule has 3 rings (SSSR count). The van der Waals surface area contributed by atoms with E-state index in [-0.39, 0.29) is 0 Å². The molecule has 3 aromatic rings. The molecule has 1 unspecified atom stereocenters. The van der Waals surface area contributed by atoms with E-state index in [1.165, 1.54) is 12.1 Å². The van der Waals surface area contributed by atoms with Gasteiger partial charge in [0.2, 0.25) is 0 Å². The molecule has 0 aliphatic rings. The van der Waals surface area contributed by atoms with Crippen molar-refractivity contribution in [2.24, 2.45) is 0 Å². The van der Waals surface area contributed by atoms with Crippen molar-refractivity contribution in [2.45, 2.75) is 12.5 Å². The van der Waals surface area contributed by atoms with Gasteiger partial charge in [0, 0.05) is 0 Å². The van der Waals surface area contributed by atoms with E-state index in [1.54, 1.807) is 6.92 Å². The lowest BCUT2D eigenvalue weighted by Crippen LogP contribution is -2.24. The molecule has 0 amide bonds. The Hall–Kier alpha value is -2.26. The minimum Gasteiger partial charge on any atom is -0.379 e. The van der Waals surface area contributed by atoms with Crippen LogP contribution in [-0.4, -0.2) is 10.1 Å². The largest absolute Gasteiger partial charge is 0.379 e. The first-order chi connectivity index (χ1) is 9.57. The van der Waals surface area contributed by atoms with Crippen molar-refractivity contribution in [3.8, 4) is 0 Å². The Morgan fingerprint density at radius 2 is 1.75 bits per heavy atom. The number of benzene rings is 2. The first-order valence-electron chi connectivity index (χ1n) is 6.41. The monoisotopic (exact) mass is 267 g/mol. The molecule has 0 aliphatic heterocycles. The minimum atomic E-state index is -1.25. The summed E-state index contributed by atoms with van der Waals surface area (Å²) >= 11 is 0. The maximum atomic E-state index is 12.9. The predicted molar refractivity (Wildman–Crippen MR) is 76.8 cm³/mol. The van der Waals surface area contributed by atoms with Gasteiger partial charge in [-0.2, -0.15) is 0 Å². The summed E-state index contributed by atoms with van der Waals surface area (Å²) in [7, 11) is 0. The van der Waals surface area contributed by atoms with E-state index >= 15 is 0 Å². The normalized spacial score (nSPS) is 14.2. The molecule has 100 valence electrons. The lowest BCUT2D eigenvalue weighted by Gasteiger charge is -2.23. The Morgan fingerprint density at radius 1 is 1.00 bits per heavy atom. The van der Waals surface area contributed by atoms with Crippen LogP contribution in [0.1, 0.15) is 18.2 Å². The van der Waals surface area contributed by atoms with Crippen molar-refractivity contribution >= 4 is 10.8 Å². The van der Waals surface area contributed by atoms with Crippen molar-refractivity contribution in [1.82, 2.24) is 4.98 Å². The second-order valence-electron chi connectivity index (χ2n) is 5.00. The van der Waals surface area contributed by atoms with Crippen LogP contribution in [0.5, 0.6) is 0 Å². The van der Waals surface area contributed by atoms with Crippen molar-refractivity contribution in [3.05, 3.63) is 77.9 Å². The number of rotatable bonds is 2. The molecule has 0 aliphatic carbocycles. The van der Waals surface area contributed by atoms with Gasteiger partial charge in [-0.25, -0.2) is 4.39 Å². The molecule has 2 nitrogen and oxygen atoms in total. The van der Waals surface area contributed by atoms with E-state index in [0.717, 1.165) is 22.5 Å². The molecule has 20 heavy (non-hydrogen) atoms. The highest BCUT2D eigenvalue weighted by Gasteiger charge is 2.27. The van der Waals surface area contributed by atoms with Gasteiger partial charge in [0.05, 0.1) is 11.9 Å². The first kappa shape index (κ1) is 12.8. The van der Waals surface area contributed by atoms with Crippen LogP contribution in [0, 0.1) is 5.82 Å². The maximum absolute atomic E-state index is 12.9. The second-order valence-corrected chi connectivity index (χ2v) is 5.00. The highest BCUT2D eigenvalue weighted by molar-refractivity contribution is 5.83. The van der Waals surface area contributed by atoms with Gasteiger partial charge >= 0.3 is 0 Å². The molecule has 2 aromatic carbocycles. The quantitative estimate of drug-likeness (QED) is 0.769. The molecule has 0 radical (unpaired) electrons. The number of fused-ring (bicyclic) bond motifs is 1. The fourth-order valence-electron chi connectivity index (χ4n) is 2.30. The van der Waals surface area contributed by atoms with Gasteiger partial charge in [-0.15, -0.1) is 0 Å². The van der Waals surface area contributed by atoms with Gasteiger partial charge in [-0.05, 0) is 41.5 Å². The number of nitrogens with zero attached hydrogens (tertiary/aromatic N) is 1. The lowest BCUT2D eigenvalue weighted by atomic mass is 9.90. The van der Waals surface area contributed by atoms with Gasteiger partial charge in [0.15, 0.2) is 0 Å². The summed E-state index contributed by atoms with van der Waals surface area (Å²) in [4.78, 5) is 3.98. The zero-order chi connectivity index (χ0) is 14.2. The number of aromatic nitrogens is 1. The zero-order valence-electron chi connectivity index (χ0n) is 11.0. The van der Waals surface area contributed by atoms with Gasteiger partial charge in [-0.3, -0.25) is 4.98 Å². The summed E-state index contributed by atoms with van der Waals surface area (Å²) in [6, 6.07) is 16.5. The molecule has 0 spiro atoms. The summed E-state index contributed by atoms with van der Waals surface area (Å²) in [5.74, 6) is -0.414. The SMILES string of the molecule is CC(O)(c1ccc2ccccc2c1)c1ccc(F)cn1. The molecule has 1 aromatic heterocycles. The fraction of sp³-hybridized carbons (Fsp3) is 0.118. The maximum Gasteiger partial charge on any atom is 0.141 e. The van der Waals surface area contributed by atoms with Crippen LogP contribution < -0.4 is 0 Å². The van der Waals surface area contributed by atoms with Gasteiger partial charge < -0.3 is 5.11 Å². The smallest absolute Gasteiger partial charge is 0.141 e. The topological polar surface area (TPSA) is 33.1 Å². The van der Waals surface area contributed by atoms with Gasteiger partial charge in [-0.1, -0.05) is 36.4 Å². The molecule has 1 heterocycles. The van der Waals surface area contributed by atoms with Crippen LogP contribution in [0.25, 0.3) is 10.8 Å². The zero-order valence-corrected chi connectivity index (χ0v) is 11.0. The van der Waals surface area contributed by atoms with E-state index in [9.17, 15) is 9.50 Å². The highest BCUT2D eigenvalue weighted by Crippen LogP contribution is 2.29. The third kappa shape index (κ3) is 2.17. The summed E-state index contributed by atoms with van der Waals surface area (Å²) in [5, 5.41) is 12.9. The van der Waals surface area contributed by atoms with Crippen molar-refractivity contribution in [3.63, 3.8) is 0 Å². The van der Waals surface area contributed by atoms with Crippen LogP contribution in [0.2, 0.25) is 0 Å². The van der Waals surface area contributed by atoms with Crippen molar-refractivity contribution < 1.29 is 9.50 Å². The Kier molecular flexibility index (Phi) is 2.99. The second kappa shape index (κ2) is 4.69. The third-order valence-electron chi connectivity index (χ3n) is 3.54. The number of pyridine rings is 1. The Balaban J connectivity index is 2.10. The molecule has 1 N–H and O–H groups in total. The van der Waals surface area contributed by atoms with Gasteiger partial charge in [0.25, 0.3) is 0 Å². The number of hydrogen-bond acceptors (Lipinski definition) is 2. The molecule has 0 bridgehead atoms. The number of aliphatic hydroxyl groups is 1. The van der Waals surface area contributed by atoms with E-state index in [4.69, 9.17) is 0 Å². The minimum absolute atomic E-state index is 0.414. The van der Waals surface area contributed by atoms with Crippen LogP contribution in [0.15, 0.2) is 60.8 Å². The van der Waals surface area contributed by atoms with Crippen LogP contribution in [-0.2, 0) is 5.60 Å². The van der Waals surface area contributed by atoms with Crippen LogP contribution in [0.3, 0.4) is 0 Å². The molecule has 3 heteroatoms. The van der Waals surface area contributed by atoms with E-state index in [0.29, 0.717) is 5.69 Å². The van der Waals surface area contributed by atoms with Crippen LogP contribution in [0.4, 0.5) is 4.39 Å². The molecule has 1 atom stereocenters. The van der Waals surface area contributed by atoms with E-state index in [2.05, 4.69) is 4.98 Å². The van der Waals surface area contributed by atoms with E-state index < -0.39 is 11.4 Å². The third-order valence-corrected chi connectivity index (χ3v) is 3.54. The van der Waals surface area contributed by atoms with Crippen molar-refractivity contribution in [1.29, 1.82) is 0 Å². The average molecular weight is 267 g/mol.